The third-order valence-corrected chi connectivity index (χ3v) is 3.11. The van der Waals surface area contributed by atoms with Crippen molar-refractivity contribution >= 4 is 11.6 Å². The Morgan fingerprint density at radius 2 is 2.20 bits per heavy atom. The third-order valence-electron chi connectivity index (χ3n) is 3.11. The molecule has 0 aliphatic carbocycles. The van der Waals surface area contributed by atoms with Crippen molar-refractivity contribution in [2.24, 2.45) is 7.05 Å². The van der Waals surface area contributed by atoms with Crippen molar-refractivity contribution in [2.45, 2.75) is 26.4 Å². The minimum absolute atomic E-state index is 0.0666. The van der Waals surface area contributed by atoms with Crippen LogP contribution < -0.4 is 5.73 Å². The molecule has 0 saturated carbocycles. The van der Waals surface area contributed by atoms with E-state index < -0.39 is 0 Å². The van der Waals surface area contributed by atoms with E-state index in [-0.39, 0.29) is 11.9 Å². The molecule has 1 heterocycles. The number of nitrogen functional groups attached to an aromatic ring is 1. The maximum Gasteiger partial charge on any atom is 0.274 e. The maximum absolute atomic E-state index is 12.5. The summed E-state index contributed by atoms with van der Waals surface area (Å²) in [4.78, 5) is 18.4. The van der Waals surface area contributed by atoms with Crippen molar-refractivity contribution in [3.8, 4) is 0 Å². The van der Waals surface area contributed by atoms with Gasteiger partial charge in [-0.05, 0) is 31.5 Å². The number of rotatable bonds is 4. The molecule has 0 atom stereocenters. The highest BCUT2D eigenvalue weighted by molar-refractivity contribution is 5.92. The van der Waals surface area contributed by atoms with E-state index in [0.29, 0.717) is 17.9 Å². The van der Waals surface area contributed by atoms with Gasteiger partial charge in [0.1, 0.15) is 5.69 Å². The van der Waals surface area contributed by atoms with Crippen molar-refractivity contribution in [2.75, 3.05) is 5.73 Å². The highest BCUT2D eigenvalue weighted by atomic mass is 16.2. The van der Waals surface area contributed by atoms with Gasteiger partial charge in [0, 0.05) is 31.5 Å². The monoisotopic (exact) mass is 272 g/mol. The topological polar surface area (TPSA) is 64.2 Å². The number of carbonyl (C=O) groups is 1. The van der Waals surface area contributed by atoms with Gasteiger partial charge in [-0.15, -0.1) is 0 Å². The first-order chi connectivity index (χ1) is 9.47. The molecule has 0 fully saturated rings. The van der Waals surface area contributed by atoms with Crippen LogP contribution in [0.3, 0.4) is 0 Å². The van der Waals surface area contributed by atoms with Gasteiger partial charge in [0.15, 0.2) is 0 Å². The quantitative estimate of drug-likeness (QED) is 0.866. The maximum atomic E-state index is 12.5. The number of nitrogens with zero attached hydrogens (tertiary/aromatic N) is 3. The Labute approximate surface area is 119 Å². The van der Waals surface area contributed by atoms with Gasteiger partial charge < -0.3 is 15.2 Å². The Bertz CT molecular complexity index is 603. The van der Waals surface area contributed by atoms with Crippen LogP contribution in [0.15, 0.2) is 36.8 Å². The van der Waals surface area contributed by atoms with E-state index >= 15 is 0 Å². The van der Waals surface area contributed by atoms with Crippen molar-refractivity contribution in [1.29, 1.82) is 0 Å². The zero-order valence-electron chi connectivity index (χ0n) is 12.1. The van der Waals surface area contributed by atoms with Crippen LogP contribution in [0, 0.1) is 0 Å². The fraction of sp³-hybridized carbons (Fsp3) is 0.333. The van der Waals surface area contributed by atoms with Crippen molar-refractivity contribution in [3.63, 3.8) is 0 Å². The number of aryl methyl sites for hydroxylation is 1. The molecular formula is C15H20N4O. The molecule has 1 aromatic carbocycles. The predicted molar refractivity (Wildman–Crippen MR) is 79.1 cm³/mol. The van der Waals surface area contributed by atoms with Crippen LogP contribution in [0.5, 0.6) is 0 Å². The number of amides is 1. The molecule has 0 aliphatic rings. The molecule has 1 amide bonds. The molecule has 0 spiro atoms. The van der Waals surface area contributed by atoms with E-state index in [1.165, 1.54) is 0 Å². The molecule has 20 heavy (non-hydrogen) atoms. The second-order valence-corrected chi connectivity index (χ2v) is 5.20. The molecule has 0 saturated heterocycles. The van der Waals surface area contributed by atoms with Crippen molar-refractivity contribution in [3.05, 3.63) is 48.0 Å². The summed E-state index contributed by atoms with van der Waals surface area (Å²) in [5.41, 5.74) is 7.97. The summed E-state index contributed by atoms with van der Waals surface area (Å²) >= 11 is 0. The molecule has 1 aromatic heterocycles. The van der Waals surface area contributed by atoms with Crippen molar-refractivity contribution < 1.29 is 4.79 Å². The van der Waals surface area contributed by atoms with Crippen LogP contribution in [-0.4, -0.2) is 26.4 Å². The van der Waals surface area contributed by atoms with E-state index in [9.17, 15) is 4.79 Å². The lowest BCUT2D eigenvalue weighted by Crippen LogP contribution is -2.36. The summed E-state index contributed by atoms with van der Waals surface area (Å²) in [6.07, 6.45) is 3.36. The fourth-order valence-corrected chi connectivity index (χ4v) is 2.05. The molecule has 0 radical (unpaired) electrons. The summed E-state index contributed by atoms with van der Waals surface area (Å²) in [6, 6.07) is 7.68. The largest absolute Gasteiger partial charge is 0.399 e. The predicted octanol–water partition coefficient (Wildman–Crippen LogP) is 2.05. The van der Waals surface area contributed by atoms with E-state index in [1.54, 1.807) is 22.0 Å². The number of imidazole rings is 1. The Kier molecular flexibility index (Phi) is 4.08. The number of nitrogens with two attached hydrogens (primary N) is 1. The lowest BCUT2D eigenvalue weighted by Gasteiger charge is -2.26. The third kappa shape index (κ3) is 3.17. The lowest BCUT2D eigenvalue weighted by molar-refractivity contribution is 0.0684. The van der Waals surface area contributed by atoms with E-state index in [4.69, 9.17) is 5.73 Å². The standard InChI is InChI=1S/C15H20N4O/c1-11(2)19(8-12-5-4-6-13(16)7-12)15(20)14-9-18(3)10-17-14/h4-7,9-11H,8,16H2,1-3H3. The first-order valence-corrected chi connectivity index (χ1v) is 6.60. The fourth-order valence-electron chi connectivity index (χ4n) is 2.05. The van der Waals surface area contributed by atoms with Gasteiger partial charge in [0.25, 0.3) is 5.91 Å². The molecule has 0 aliphatic heterocycles. The van der Waals surface area contributed by atoms with Crippen molar-refractivity contribution in [1.82, 2.24) is 14.5 Å². The van der Waals surface area contributed by atoms with Gasteiger partial charge >= 0.3 is 0 Å². The molecule has 0 unspecified atom stereocenters. The summed E-state index contributed by atoms with van der Waals surface area (Å²) in [5, 5.41) is 0. The number of anilines is 1. The summed E-state index contributed by atoms with van der Waals surface area (Å²) in [6.45, 7) is 4.51. The Hall–Kier alpha value is -2.30. The van der Waals surface area contributed by atoms with Gasteiger partial charge in [-0.25, -0.2) is 4.98 Å². The summed E-state index contributed by atoms with van der Waals surface area (Å²) < 4.78 is 1.77. The van der Waals surface area contributed by atoms with Gasteiger partial charge in [0.2, 0.25) is 0 Å². The van der Waals surface area contributed by atoms with E-state index in [0.717, 1.165) is 5.56 Å². The number of hydrogen-bond donors (Lipinski definition) is 1. The highest BCUT2D eigenvalue weighted by Crippen LogP contribution is 2.14. The molecule has 106 valence electrons. The summed E-state index contributed by atoms with van der Waals surface area (Å²) in [7, 11) is 1.85. The highest BCUT2D eigenvalue weighted by Gasteiger charge is 2.20. The molecule has 2 N–H and O–H groups in total. The number of benzene rings is 1. The van der Waals surface area contributed by atoms with Gasteiger partial charge in [-0.1, -0.05) is 12.1 Å². The van der Waals surface area contributed by atoms with Gasteiger partial charge in [-0.2, -0.15) is 0 Å². The molecule has 2 aromatic rings. The summed E-state index contributed by atoms with van der Waals surface area (Å²) in [5.74, 6) is -0.0666. The smallest absolute Gasteiger partial charge is 0.274 e. The van der Waals surface area contributed by atoms with Crippen LogP contribution in [0.2, 0.25) is 0 Å². The lowest BCUT2D eigenvalue weighted by atomic mass is 10.1. The molecule has 0 bridgehead atoms. The van der Waals surface area contributed by atoms with Crippen LogP contribution >= 0.6 is 0 Å². The van der Waals surface area contributed by atoms with Crippen LogP contribution in [0.1, 0.15) is 29.9 Å². The average molecular weight is 272 g/mol. The number of hydrogen-bond acceptors (Lipinski definition) is 3. The molecule has 5 nitrogen and oxygen atoms in total. The van der Waals surface area contributed by atoms with Gasteiger partial charge in [0.05, 0.1) is 6.33 Å². The number of carbonyl (C=O) groups excluding carboxylic acids is 1. The van der Waals surface area contributed by atoms with Gasteiger partial charge in [-0.3, -0.25) is 4.79 Å². The van der Waals surface area contributed by atoms with Crippen LogP contribution in [-0.2, 0) is 13.6 Å². The second-order valence-electron chi connectivity index (χ2n) is 5.20. The van der Waals surface area contributed by atoms with E-state index in [1.807, 2.05) is 45.2 Å². The van der Waals surface area contributed by atoms with E-state index in [2.05, 4.69) is 4.98 Å². The Morgan fingerprint density at radius 3 is 2.75 bits per heavy atom. The zero-order chi connectivity index (χ0) is 14.7. The first kappa shape index (κ1) is 14.1. The Balaban J connectivity index is 2.21. The zero-order valence-corrected chi connectivity index (χ0v) is 12.1. The molecule has 5 heteroatoms. The van der Waals surface area contributed by atoms with Crippen LogP contribution in [0.4, 0.5) is 5.69 Å². The first-order valence-electron chi connectivity index (χ1n) is 6.60. The molecule has 2 rings (SSSR count). The minimum atomic E-state index is -0.0666. The SMILES string of the molecule is CC(C)N(Cc1cccc(N)c1)C(=O)c1cn(C)cn1. The minimum Gasteiger partial charge on any atom is -0.399 e. The van der Waals surface area contributed by atoms with Crippen LogP contribution in [0.25, 0.3) is 0 Å². The average Bonchev–Trinajstić information content (AvgIpc) is 2.82. The second kappa shape index (κ2) is 5.77. The number of aromatic nitrogens is 2. The Morgan fingerprint density at radius 1 is 1.45 bits per heavy atom. The molecular weight excluding hydrogens is 252 g/mol. The normalized spacial score (nSPS) is 10.8.